The zero-order valence-electron chi connectivity index (χ0n) is 16.9. The molecule has 148 valence electrons. The minimum Gasteiger partial charge on any atom is -0.511 e. The summed E-state index contributed by atoms with van der Waals surface area (Å²) in [5.41, 5.74) is 5.91. The zero-order chi connectivity index (χ0) is 19.7. The second kappa shape index (κ2) is 6.18. The Kier molecular flexibility index (Phi) is 3.96. The van der Waals surface area contributed by atoms with Crippen LogP contribution in [0.5, 0.6) is 0 Å². The van der Waals surface area contributed by atoms with Gasteiger partial charge < -0.3 is 14.7 Å². The Balaban J connectivity index is 1.62. The molecule has 2 fully saturated rings. The molecule has 2 unspecified atom stereocenters. The van der Waals surface area contributed by atoms with Crippen molar-refractivity contribution in [1.29, 1.82) is 0 Å². The highest BCUT2D eigenvalue weighted by Gasteiger charge is 2.69. The van der Waals surface area contributed by atoms with Crippen LogP contribution >= 0.6 is 0 Å². The second-order valence-electron chi connectivity index (χ2n) is 8.44. The van der Waals surface area contributed by atoms with Crippen molar-refractivity contribution in [3.63, 3.8) is 0 Å². The number of carbonyl (C=O) groups is 1. The van der Waals surface area contributed by atoms with E-state index in [1.54, 1.807) is 0 Å². The number of hydrogen-bond acceptors (Lipinski definition) is 5. The van der Waals surface area contributed by atoms with Gasteiger partial charge in [-0.2, -0.15) is 0 Å². The van der Waals surface area contributed by atoms with Gasteiger partial charge in [-0.3, -0.25) is 4.79 Å². The number of ether oxygens (including phenoxy) is 1. The molecule has 0 aromatic heterocycles. The molecule has 28 heavy (non-hydrogen) atoms. The number of carbonyl (C=O) groups excluding carboxylic acids is 1. The van der Waals surface area contributed by atoms with Crippen molar-refractivity contribution in [3.05, 3.63) is 40.1 Å². The highest BCUT2D eigenvalue weighted by Crippen LogP contribution is 2.58. The summed E-state index contributed by atoms with van der Waals surface area (Å²) in [6.07, 6.45) is 1.74. The van der Waals surface area contributed by atoms with Gasteiger partial charge in [0.25, 0.3) is 0 Å². The lowest BCUT2D eigenvalue weighted by Crippen LogP contribution is -2.45. The van der Waals surface area contributed by atoms with Gasteiger partial charge in [-0.05, 0) is 42.9 Å². The van der Waals surface area contributed by atoms with Gasteiger partial charge in [0, 0.05) is 0 Å². The lowest BCUT2D eigenvalue weighted by atomic mass is 9.71. The first kappa shape index (κ1) is 17.9. The predicted octanol–water partition coefficient (Wildman–Crippen LogP) is 3.77. The highest BCUT2D eigenvalue weighted by atomic mass is 16.7. The predicted molar refractivity (Wildman–Crippen MR) is 106 cm³/mol. The van der Waals surface area contributed by atoms with Crippen LogP contribution in [-0.4, -0.2) is 34.9 Å². The average Bonchev–Trinajstić information content (AvgIpc) is 3.42. The molecular formula is C23H27NO4. The van der Waals surface area contributed by atoms with E-state index < -0.39 is 0 Å². The van der Waals surface area contributed by atoms with Gasteiger partial charge in [-0.25, -0.2) is 0 Å². The van der Waals surface area contributed by atoms with Gasteiger partial charge in [0.15, 0.2) is 11.9 Å². The van der Waals surface area contributed by atoms with Crippen LogP contribution in [0.1, 0.15) is 49.4 Å². The van der Waals surface area contributed by atoms with E-state index in [1.165, 1.54) is 5.56 Å². The summed E-state index contributed by atoms with van der Waals surface area (Å²) in [6.45, 7) is 8.34. The molecule has 1 aromatic rings. The number of aliphatic hydroxyl groups excluding tert-OH is 1. The van der Waals surface area contributed by atoms with E-state index in [1.807, 2.05) is 0 Å². The minimum absolute atomic E-state index is 0.0315. The Hall–Kier alpha value is -2.14. The van der Waals surface area contributed by atoms with Crippen molar-refractivity contribution in [3.8, 4) is 0 Å². The number of nitrogens with zero attached hydrogens (tertiary/aromatic N) is 1. The van der Waals surface area contributed by atoms with E-state index in [-0.39, 0.29) is 47.6 Å². The molecule has 0 radical (unpaired) electrons. The van der Waals surface area contributed by atoms with Crippen molar-refractivity contribution in [2.45, 2.75) is 65.3 Å². The SMILES string of the molecule is CCC1=NOC2C1[C@@H]1O[C@@H]2[C@H]2C(O)=C(c3c(CC)cc(C)cc3CC)C(=O)[C@H]21. The maximum absolute atomic E-state index is 13.6. The summed E-state index contributed by atoms with van der Waals surface area (Å²) >= 11 is 0. The molecule has 0 spiro atoms. The Morgan fingerprint density at radius 1 is 0.964 bits per heavy atom. The summed E-state index contributed by atoms with van der Waals surface area (Å²) in [6, 6.07) is 4.28. The Morgan fingerprint density at radius 3 is 2.25 bits per heavy atom. The smallest absolute Gasteiger partial charge is 0.173 e. The van der Waals surface area contributed by atoms with Gasteiger partial charge in [-0.1, -0.05) is 43.6 Å². The fraction of sp³-hybridized carbons (Fsp3) is 0.565. The molecular weight excluding hydrogens is 354 g/mol. The number of rotatable bonds is 4. The largest absolute Gasteiger partial charge is 0.511 e. The number of ketones is 1. The van der Waals surface area contributed by atoms with E-state index in [4.69, 9.17) is 9.57 Å². The number of aliphatic hydroxyl groups is 1. The quantitative estimate of drug-likeness (QED) is 0.862. The van der Waals surface area contributed by atoms with Gasteiger partial charge in [0.1, 0.15) is 11.9 Å². The number of fused-ring (bicyclic) bond motifs is 8. The molecule has 5 heteroatoms. The number of oxime groups is 1. The molecule has 4 aliphatic rings. The lowest BCUT2D eigenvalue weighted by molar-refractivity contribution is -0.119. The van der Waals surface area contributed by atoms with Crippen LogP contribution in [0, 0.1) is 24.7 Å². The first-order chi connectivity index (χ1) is 13.5. The molecule has 0 amide bonds. The first-order valence-electron chi connectivity index (χ1n) is 10.5. The molecule has 1 aliphatic carbocycles. The molecule has 5 rings (SSSR count). The van der Waals surface area contributed by atoms with Gasteiger partial charge >= 0.3 is 0 Å². The van der Waals surface area contributed by atoms with Crippen molar-refractivity contribution in [2.75, 3.05) is 0 Å². The van der Waals surface area contributed by atoms with Gasteiger partial charge in [0.2, 0.25) is 0 Å². The van der Waals surface area contributed by atoms with Crippen LogP contribution in [0.4, 0.5) is 0 Å². The number of aryl methyl sites for hydroxylation is 3. The number of benzene rings is 1. The molecule has 5 nitrogen and oxygen atoms in total. The molecule has 2 bridgehead atoms. The molecule has 0 saturated carbocycles. The maximum Gasteiger partial charge on any atom is 0.173 e. The third kappa shape index (κ3) is 2.11. The number of allylic oxidation sites excluding steroid dienone is 1. The number of Topliss-reactive ketones (excluding diaryl/α,β-unsaturated/α-hetero) is 1. The Morgan fingerprint density at radius 2 is 1.64 bits per heavy atom. The Bertz CT molecular complexity index is 906. The van der Waals surface area contributed by atoms with E-state index in [9.17, 15) is 9.90 Å². The molecule has 6 atom stereocenters. The van der Waals surface area contributed by atoms with Crippen LogP contribution in [0.25, 0.3) is 5.57 Å². The van der Waals surface area contributed by atoms with E-state index in [0.717, 1.165) is 41.7 Å². The fourth-order valence-electron chi connectivity index (χ4n) is 5.90. The number of hydrogen-bond donors (Lipinski definition) is 1. The molecule has 1 N–H and O–H groups in total. The standard InChI is InChI=1S/C23H27NO4/c1-5-11-8-10(4)9-12(6-2)14(11)16-19(25)17-18(20(16)26)22-23-15(21(17)27-22)13(7-3)24-28-23/h8-9,15,17-18,21-23,26H,5-7H2,1-4H3/t15?,17-,18+,21-,22+,23?/m0/s1. The van der Waals surface area contributed by atoms with Crippen LogP contribution in [0.3, 0.4) is 0 Å². The maximum atomic E-state index is 13.6. The summed E-state index contributed by atoms with van der Waals surface area (Å²) in [5.74, 6) is -0.361. The fourth-order valence-corrected chi connectivity index (χ4v) is 5.90. The lowest BCUT2D eigenvalue weighted by Gasteiger charge is -2.28. The van der Waals surface area contributed by atoms with Crippen LogP contribution in [0.2, 0.25) is 0 Å². The van der Waals surface area contributed by atoms with Gasteiger partial charge in [-0.15, -0.1) is 0 Å². The molecule has 1 aromatic carbocycles. The monoisotopic (exact) mass is 381 g/mol. The van der Waals surface area contributed by atoms with Crippen molar-refractivity contribution in [2.24, 2.45) is 22.9 Å². The highest BCUT2D eigenvalue weighted by molar-refractivity contribution is 6.26. The van der Waals surface area contributed by atoms with Crippen LogP contribution in [0.15, 0.2) is 23.0 Å². The van der Waals surface area contributed by atoms with Crippen molar-refractivity contribution >= 4 is 17.1 Å². The Labute approximate surface area is 165 Å². The normalized spacial score (nSPS) is 35.3. The second-order valence-corrected chi connectivity index (χ2v) is 8.44. The van der Waals surface area contributed by atoms with Crippen LogP contribution < -0.4 is 0 Å². The third-order valence-electron chi connectivity index (χ3n) is 7.06. The summed E-state index contributed by atoms with van der Waals surface area (Å²) in [5, 5.41) is 15.5. The summed E-state index contributed by atoms with van der Waals surface area (Å²) < 4.78 is 6.17. The van der Waals surface area contributed by atoms with E-state index in [2.05, 4.69) is 45.0 Å². The summed E-state index contributed by atoms with van der Waals surface area (Å²) in [7, 11) is 0. The third-order valence-corrected chi connectivity index (χ3v) is 7.06. The van der Waals surface area contributed by atoms with Crippen molar-refractivity contribution < 1.29 is 19.5 Å². The first-order valence-corrected chi connectivity index (χ1v) is 10.5. The van der Waals surface area contributed by atoms with Gasteiger partial charge in [0.05, 0.1) is 35.1 Å². The molecule has 3 heterocycles. The van der Waals surface area contributed by atoms with Crippen molar-refractivity contribution in [1.82, 2.24) is 0 Å². The van der Waals surface area contributed by atoms with E-state index in [0.29, 0.717) is 5.57 Å². The summed E-state index contributed by atoms with van der Waals surface area (Å²) in [4.78, 5) is 19.3. The topological polar surface area (TPSA) is 68.1 Å². The average molecular weight is 381 g/mol. The molecule has 2 saturated heterocycles. The van der Waals surface area contributed by atoms with E-state index >= 15 is 0 Å². The minimum atomic E-state index is -0.324. The zero-order valence-corrected chi connectivity index (χ0v) is 16.9. The molecule has 3 aliphatic heterocycles. The van der Waals surface area contributed by atoms with Crippen LogP contribution in [-0.2, 0) is 27.2 Å².